The van der Waals surface area contributed by atoms with Crippen molar-refractivity contribution in [1.29, 1.82) is 0 Å². The zero-order chi connectivity index (χ0) is 19.7. The normalized spacial score (nSPS) is 20.8. The van der Waals surface area contributed by atoms with E-state index in [1.807, 2.05) is 30.3 Å². The van der Waals surface area contributed by atoms with Crippen molar-refractivity contribution in [2.75, 3.05) is 13.1 Å². The topological polar surface area (TPSA) is 45.5 Å². The molecule has 1 aliphatic rings. The molecule has 0 bridgehead atoms. The molecule has 1 aromatic heterocycles. The number of carbonyl (C=O) groups excluding carboxylic acids is 1. The van der Waals surface area contributed by atoms with Gasteiger partial charge in [-0.15, -0.1) is 0 Å². The van der Waals surface area contributed by atoms with Crippen molar-refractivity contribution in [2.24, 2.45) is 5.41 Å². The Kier molecular flexibility index (Phi) is 5.33. The van der Waals surface area contributed by atoms with Gasteiger partial charge in [0, 0.05) is 25.2 Å². The van der Waals surface area contributed by atoms with Gasteiger partial charge in [-0.1, -0.05) is 30.3 Å². The maximum absolute atomic E-state index is 13.9. The van der Waals surface area contributed by atoms with Crippen LogP contribution in [0.1, 0.15) is 29.1 Å². The second-order valence-electron chi connectivity index (χ2n) is 7.15. The quantitative estimate of drug-likeness (QED) is 0.854. The summed E-state index contributed by atoms with van der Waals surface area (Å²) in [4.78, 5) is 14.3. The van der Waals surface area contributed by atoms with Crippen LogP contribution in [0.2, 0.25) is 0 Å². The molecule has 0 aliphatic carbocycles. The standard InChI is InChI=1S/C20H23F3N2O2/c1-14-10-17(15(2)27-14)11-24-18(26)19(20(21,22)23)8-9-25(13-19)12-16-6-4-3-5-7-16/h3-7,10H,8-9,11-13H2,1-2H3,(H,24,26). The largest absolute Gasteiger partial charge is 0.466 e. The first-order valence-electron chi connectivity index (χ1n) is 8.88. The van der Waals surface area contributed by atoms with Crippen LogP contribution in [0, 0.1) is 19.3 Å². The maximum atomic E-state index is 13.9. The van der Waals surface area contributed by atoms with Crippen molar-refractivity contribution < 1.29 is 22.4 Å². The highest BCUT2D eigenvalue weighted by Crippen LogP contribution is 2.46. The Hall–Kier alpha value is -2.28. The van der Waals surface area contributed by atoms with Crippen molar-refractivity contribution in [3.05, 3.63) is 59.0 Å². The molecule has 1 atom stereocenters. The lowest BCUT2D eigenvalue weighted by Crippen LogP contribution is -2.52. The van der Waals surface area contributed by atoms with Gasteiger partial charge >= 0.3 is 6.18 Å². The number of amides is 1. The predicted octanol–water partition coefficient (Wildman–Crippen LogP) is 3.97. The third-order valence-corrected chi connectivity index (χ3v) is 5.16. The average molecular weight is 380 g/mol. The minimum absolute atomic E-state index is 0.0263. The smallest absolute Gasteiger partial charge is 0.404 e. The summed E-state index contributed by atoms with van der Waals surface area (Å²) >= 11 is 0. The highest BCUT2D eigenvalue weighted by molar-refractivity contribution is 5.84. The van der Waals surface area contributed by atoms with E-state index in [4.69, 9.17) is 4.42 Å². The van der Waals surface area contributed by atoms with E-state index < -0.39 is 17.5 Å². The van der Waals surface area contributed by atoms with Gasteiger partial charge in [-0.05, 0) is 38.4 Å². The Morgan fingerprint density at radius 2 is 1.96 bits per heavy atom. The van der Waals surface area contributed by atoms with Crippen molar-refractivity contribution in [3.8, 4) is 0 Å². The van der Waals surface area contributed by atoms with Crippen LogP contribution in [0.5, 0.6) is 0 Å². The summed E-state index contributed by atoms with van der Waals surface area (Å²) in [7, 11) is 0. The first-order valence-corrected chi connectivity index (χ1v) is 8.88. The number of rotatable bonds is 5. The average Bonchev–Trinajstić information content (AvgIpc) is 3.17. The highest BCUT2D eigenvalue weighted by atomic mass is 19.4. The van der Waals surface area contributed by atoms with Crippen molar-refractivity contribution in [1.82, 2.24) is 10.2 Å². The molecular weight excluding hydrogens is 357 g/mol. The number of furan rings is 1. The van der Waals surface area contributed by atoms with Gasteiger partial charge in [0.05, 0.1) is 0 Å². The van der Waals surface area contributed by atoms with E-state index in [1.54, 1.807) is 24.8 Å². The molecular formula is C20H23F3N2O2. The van der Waals surface area contributed by atoms with Gasteiger partial charge in [0.2, 0.25) is 5.91 Å². The van der Waals surface area contributed by atoms with Gasteiger partial charge in [0.15, 0.2) is 5.41 Å². The number of hydrogen-bond donors (Lipinski definition) is 1. The molecule has 1 amide bonds. The van der Waals surface area contributed by atoms with Gasteiger partial charge in [-0.3, -0.25) is 9.69 Å². The summed E-state index contributed by atoms with van der Waals surface area (Å²) in [5.74, 6) is 0.298. The maximum Gasteiger partial charge on any atom is 0.404 e. The van der Waals surface area contributed by atoms with E-state index in [-0.39, 0.29) is 26.1 Å². The van der Waals surface area contributed by atoms with Crippen molar-refractivity contribution >= 4 is 5.91 Å². The Morgan fingerprint density at radius 1 is 1.26 bits per heavy atom. The second kappa shape index (κ2) is 7.38. The number of benzene rings is 1. The van der Waals surface area contributed by atoms with Crippen LogP contribution in [0.4, 0.5) is 13.2 Å². The van der Waals surface area contributed by atoms with Crippen LogP contribution >= 0.6 is 0 Å². The molecule has 0 radical (unpaired) electrons. The van der Waals surface area contributed by atoms with Crippen LogP contribution < -0.4 is 5.32 Å². The highest BCUT2D eigenvalue weighted by Gasteiger charge is 2.62. The molecule has 1 aromatic carbocycles. The van der Waals surface area contributed by atoms with E-state index in [0.29, 0.717) is 23.6 Å². The molecule has 3 rings (SSSR count). The molecule has 7 heteroatoms. The number of alkyl halides is 3. The van der Waals surface area contributed by atoms with Gasteiger partial charge in [0.25, 0.3) is 0 Å². The SMILES string of the molecule is Cc1cc(CNC(=O)C2(C(F)(F)F)CCN(Cc3ccccc3)C2)c(C)o1. The Labute approximate surface area is 156 Å². The zero-order valence-corrected chi connectivity index (χ0v) is 15.4. The fraction of sp³-hybridized carbons (Fsp3) is 0.450. The molecule has 0 spiro atoms. The first kappa shape index (κ1) is 19.5. The van der Waals surface area contributed by atoms with Crippen molar-refractivity contribution in [3.63, 3.8) is 0 Å². The van der Waals surface area contributed by atoms with E-state index in [1.165, 1.54) is 0 Å². The van der Waals surface area contributed by atoms with Gasteiger partial charge in [0.1, 0.15) is 11.5 Å². The number of carbonyl (C=O) groups is 1. The van der Waals surface area contributed by atoms with Crippen molar-refractivity contribution in [2.45, 2.75) is 39.5 Å². The zero-order valence-electron chi connectivity index (χ0n) is 15.4. The van der Waals surface area contributed by atoms with E-state index in [9.17, 15) is 18.0 Å². The molecule has 1 fully saturated rings. The number of aryl methyl sites for hydroxylation is 2. The van der Waals surface area contributed by atoms with Crippen LogP contribution in [0.25, 0.3) is 0 Å². The summed E-state index contributed by atoms with van der Waals surface area (Å²) < 4.78 is 47.0. The minimum Gasteiger partial charge on any atom is -0.466 e. The molecule has 2 heterocycles. The molecule has 1 unspecified atom stereocenters. The fourth-order valence-corrected chi connectivity index (χ4v) is 3.61. The Morgan fingerprint density at radius 3 is 2.56 bits per heavy atom. The number of likely N-dealkylation sites (tertiary alicyclic amines) is 1. The molecule has 2 aromatic rings. The molecule has 1 aliphatic heterocycles. The molecule has 1 saturated heterocycles. The summed E-state index contributed by atoms with van der Waals surface area (Å²) in [5, 5.41) is 2.48. The second-order valence-corrected chi connectivity index (χ2v) is 7.15. The number of hydrogen-bond acceptors (Lipinski definition) is 3. The van der Waals surface area contributed by atoms with Crippen LogP contribution in [-0.4, -0.2) is 30.1 Å². The van der Waals surface area contributed by atoms with Gasteiger partial charge in [-0.2, -0.15) is 13.2 Å². The van der Waals surface area contributed by atoms with Gasteiger partial charge < -0.3 is 9.73 Å². The summed E-state index contributed by atoms with van der Waals surface area (Å²) in [5.41, 5.74) is -0.758. The number of nitrogens with one attached hydrogen (secondary N) is 1. The van der Waals surface area contributed by atoms with Crippen LogP contribution in [0.15, 0.2) is 40.8 Å². The third-order valence-electron chi connectivity index (χ3n) is 5.16. The van der Waals surface area contributed by atoms with Gasteiger partial charge in [-0.25, -0.2) is 0 Å². The summed E-state index contributed by atoms with van der Waals surface area (Å²) in [6.07, 6.45) is -4.84. The predicted molar refractivity (Wildman–Crippen MR) is 94.9 cm³/mol. The lowest BCUT2D eigenvalue weighted by Gasteiger charge is -2.30. The van der Waals surface area contributed by atoms with E-state index in [2.05, 4.69) is 5.32 Å². The monoisotopic (exact) mass is 380 g/mol. The number of nitrogens with zero attached hydrogens (tertiary/aromatic N) is 1. The fourth-order valence-electron chi connectivity index (χ4n) is 3.61. The molecule has 146 valence electrons. The molecule has 4 nitrogen and oxygen atoms in total. The Balaban J connectivity index is 1.71. The molecule has 27 heavy (non-hydrogen) atoms. The third kappa shape index (κ3) is 4.03. The summed E-state index contributed by atoms with van der Waals surface area (Å²) in [6.45, 7) is 3.80. The first-order chi connectivity index (χ1) is 12.7. The van der Waals surface area contributed by atoms with Crippen LogP contribution in [-0.2, 0) is 17.9 Å². The molecule has 0 saturated carbocycles. The molecule has 1 N–H and O–H groups in total. The van der Waals surface area contributed by atoms with E-state index >= 15 is 0 Å². The lowest BCUT2D eigenvalue weighted by atomic mass is 9.85. The summed E-state index contributed by atoms with van der Waals surface area (Å²) in [6, 6.07) is 11.0. The number of halogens is 3. The van der Waals surface area contributed by atoms with E-state index in [0.717, 1.165) is 5.56 Å². The minimum atomic E-state index is -4.61. The Bertz CT molecular complexity index is 801. The van der Waals surface area contributed by atoms with Crippen LogP contribution in [0.3, 0.4) is 0 Å². The lowest BCUT2D eigenvalue weighted by molar-refractivity contribution is -0.218.